The van der Waals surface area contributed by atoms with Crippen molar-refractivity contribution in [2.24, 2.45) is 5.92 Å². The van der Waals surface area contributed by atoms with Crippen LogP contribution in [-0.2, 0) is 6.42 Å². The molecule has 0 aromatic heterocycles. The molecule has 2 aliphatic carbocycles. The number of rotatable bonds is 4. The summed E-state index contributed by atoms with van der Waals surface area (Å²) in [7, 11) is 0. The van der Waals surface area contributed by atoms with Gasteiger partial charge >= 0.3 is 0 Å². The van der Waals surface area contributed by atoms with E-state index in [1.54, 1.807) is 5.57 Å². The van der Waals surface area contributed by atoms with Crippen molar-refractivity contribution in [3.63, 3.8) is 0 Å². The first-order valence-electron chi connectivity index (χ1n) is 11.7. The van der Waals surface area contributed by atoms with Crippen molar-refractivity contribution in [1.82, 2.24) is 0 Å². The second-order valence-electron chi connectivity index (χ2n) is 9.47. The van der Waals surface area contributed by atoms with Crippen LogP contribution in [0.25, 0.3) is 28.3 Å². The van der Waals surface area contributed by atoms with Crippen molar-refractivity contribution in [1.29, 1.82) is 0 Å². The summed E-state index contributed by atoms with van der Waals surface area (Å²) in [6.45, 7) is 4.33. The minimum atomic E-state index is 0.893. The lowest BCUT2D eigenvalue weighted by Crippen LogP contribution is -2.07. The molecule has 2 aliphatic rings. The van der Waals surface area contributed by atoms with Crippen molar-refractivity contribution < 1.29 is 0 Å². The minimum absolute atomic E-state index is 0.893. The molecule has 0 heterocycles. The van der Waals surface area contributed by atoms with Crippen LogP contribution in [0.4, 0.5) is 0 Å². The van der Waals surface area contributed by atoms with Crippen LogP contribution in [0.2, 0.25) is 0 Å². The van der Waals surface area contributed by atoms with E-state index < -0.39 is 0 Å². The number of allylic oxidation sites excluding steroid dienone is 1. The Hall–Kier alpha value is -2.60. The highest BCUT2D eigenvalue weighted by atomic mass is 14.3. The Labute approximate surface area is 181 Å². The van der Waals surface area contributed by atoms with Gasteiger partial charge in [-0.2, -0.15) is 0 Å². The number of hydrogen-bond acceptors (Lipinski definition) is 0. The summed E-state index contributed by atoms with van der Waals surface area (Å²) >= 11 is 0. The Kier molecular flexibility index (Phi) is 5.34. The van der Waals surface area contributed by atoms with E-state index in [9.17, 15) is 0 Å². The summed E-state index contributed by atoms with van der Waals surface area (Å²) in [5.41, 5.74) is 12.8. The van der Waals surface area contributed by atoms with E-state index in [0.29, 0.717) is 0 Å². The molecular weight excluding hydrogens is 360 g/mol. The van der Waals surface area contributed by atoms with Gasteiger partial charge in [0.25, 0.3) is 0 Å². The van der Waals surface area contributed by atoms with Gasteiger partial charge in [0, 0.05) is 0 Å². The van der Waals surface area contributed by atoms with Gasteiger partial charge in [-0.3, -0.25) is 0 Å². The molecule has 0 heteroatoms. The van der Waals surface area contributed by atoms with Gasteiger partial charge < -0.3 is 0 Å². The van der Waals surface area contributed by atoms with Crippen LogP contribution in [0.1, 0.15) is 60.8 Å². The van der Waals surface area contributed by atoms with Gasteiger partial charge in [-0.1, -0.05) is 116 Å². The summed E-state index contributed by atoms with van der Waals surface area (Å²) < 4.78 is 0. The molecular formula is C30H32. The van der Waals surface area contributed by atoms with Crippen LogP contribution in [-0.4, -0.2) is 0 Å². The average Bonchev–Trinajstić information content (AvgIpc) is 3.19. The van der Waals surface area contributed by atoms with Gasteiger partial charge in [-0.05, 0) is 66.0 Å². The first-order chi connectivity index (χ1) is 14.7. The summed E-state index contributed by atoms with van der Waals surface area (Å²) in [5.74, 6) is 0.893. The average molecular weight is 393 g/mol. The number of aryl methyl sites for hydroxylation is 2. The predicted octanol–water partition coefficient (Wildman–Crippen LogP) is 8.55. The fraction of sp³-hybridized carbons (Fsp3) is 0.333. The third kappa shape index (κ3) is 3.88. The molecule has 0 saturated heterocycles. The van der Waals surface area contributed by atoms with Crippen LogP contribution >= 0.6 is 0 Å². The molecule has 0 N–H and O–H groups in total. The smallest absolute Gasteiger partial charge is 0.00513 e. The lowest BCUT2D eigenvalue weighted by Gasteiger charge is -2.22. The third-order valence-corrected chi connectivity index (χ3v) is 7.11. The summed E-state index contributed by atoms with van der Waals surface area (Å²) in [5, 5.41) is 0. The standard InChI is InChI=1S/C30H32/c1-21-8-12-25(13-9-21)27-16-17-28(26-14-10-22(2)11-15-26)30-20-24(19-29(27)30)18-23-6-4-3-5-7-23/h8-17,19,23H,3-7,18,20H2,1-2H3. The van der Waals surface area contributed by atoms with Crippen molar-refractivity contribution >= 4 is 6.08 Å². The zero-order valence-electron chi connectivity index (χ0n) is 18.4. The van der Waals surface area contributed by atoms with E-state index in [1.165, 1.54) is 83.0 Å². The fourth-order valence-corrected chi connectivity index (χ4v) is 5.38. The Morgan fingerprint density at radius 2 is 1.23 bits per heavy atom. The highest BCUT2D eigenvalue weighted by Gasteiger charge is 2.23. The molecule has 0 unspecified atom stereocenters. The zero-order valence-corrected chi connectivity index (χ0v) is 18.4. The molecule has 3 aromatic carbocycles. The molecule has 0 bridgehead atoms. The Morgan fingerprint density at radius 3 is 1.87 bits per heavy atom. The van der Waals surface area contributed by atoms with Crippen LogP contribution in [0.3, 0.4) is 0 Å². The normalized spacial score (nSPS) is 16.4. The molecule has 0 amide bonds. The van der Waals surface area contributed by atoms with E-state index in [1.807, 2.05) is 0 Å². The number of fused-ring (bicyclic) bond motifs is 1. The predicted molar refractivity (Wildman–Crippen MR) is 130 cm³/mol. The second kappa shape index (κ2) is 8.26. The molecule has 3 aromatic rings. The summed E-state index contributed by atoms with van der Waals surface area (Å²) in [6, 6.07) is 22.8. The van der Waals surface area contributed by atoms with Gasteiger partial charge in [0.15, 0.2) is 0 Å². The monoisotopic (exact) mass is 392 g/mol. The van der Waals surface area contributed by atoms with Crippen LogP contribution in [0.5, 0.6) is 0 Å². The Morgan fingerprint density at radius 1 is 0.667 bits per heavy atom. The van der Waals surface area contributed by atoms with Crippen molar-refractivity contribution in [3.05, 3.63) is 88.5 Å². The van der Waals surface area contributed by atoms with E-state index in [2.05, 4.69) is 80.6 Å². The minimum Gasteiger partial charge on any atom is -0.0649 e. The molecule has 0 atom stereocenters. The maximum Gasteiger partial charge on any atom is -0.00513 e. The summed E-state index contributed by atoms with van der Waals surface area (Å²) in [6.07, 6.45) is 12.1. The Balaban J connectivity index is 1.55. The van der Waals surface area contributed by atoms with E-state index >= 15 is 0 Å². The maximum atomic E-state index is 2.54. The summed E-state index contributed by atoms with van der Waals surface area (Å²) in [4.78, 5) is 0. The third-order valence-electron chi connectivity index (χ3n) is 7.11. The van der Waals surface area contributed by atoms with Crippen LogP contribution in [0.15, 0.2) is 66.2 Å². The van der Waals surface area contributed by atoms with Crippen molar-refractivity contribution in [2.45, 2.75) is 58.8 Å². The van der Waals surface area contributed by atoms with Crippen molar-refractivity contribution in [3.8, 4) is 22.3 Å². The molecule has 5 rings (SSSR count). The molecule has 152 valence electrons. The molecule has 1 saturated carbocycles. The highest BCUT2D eigenvalue weighted by molar-refractivity contribution is 5.87. The quantitative estimate of drug-likeness (QED) is 0.417. The van der Waals surface area contributed by atoms with E-state index in [4.69, 9.17) is 0 Å². The molecule has 0 nitrogen and oxygen atoms in total. The first-order valence-corrected chi connectivity index (χ1v) is 11.7. The zero-order chi connectivity index (χ0) is 20.5. The SMILES string of the molecule is Cc1ccc(-c2ccc(-c3ccc(C)cc3)c3c2C=C(CC2CCCCC2)C3)cc1. The molecule has 1 fully saturated rings. The fourth-order valence-electron chi connectivity index (χ4n) is 5.38. The second-order valence-corrected chi connectivity index (χ2v) is 9.47. The molecule has 30 heavy (non-hydrogen) atoms. The van der Waals surface area contributed by atoms with E-state index in [0.717, 1.165) is 12.3 Å². The maximum absolute atomic E-state index is 2.54. The lowest BCUT2D eigenvalue weighted by molar-refractivity contribution is 0.355. The Bertz CT molecular complexity index is 1060. The van der Waals surface area contributed by atoms with Crippen LogP contribution < -0.4 is 0 Å². The van der Waals surface area contributed by atoms with Crippen LogP contribution in [0, 0.1) is 19.8 Å². The lowest BCUT2D eigenvalue weighted by atomic mass is 9.84. The first kappa shape index (κ1) is 19.4. The van der Waals surface area contributed by atoms with Gasteiger partial charge in [0.2, 0.25) is 0 Å². The van der Waals surface area contributed by atoms with Gasteiger partial charge in [0.05, 0.1) is 0 Å². The van der Waals surface area contributed by atoms with E-state index in [-0.39, 0.29) is 0 Å². The van der Waals surface area contributed by atoms with Gasteiger partial charge in [-0.25, -0.2) is 0 Å². The molecule has 0 radical (unpaired) electrons. The molecule has 0 aliphatic heterocycles. The highest BCUT2D eigenvalue weighted by Crippen LogP contribution is 2.42. The molecule has 0 spiro atoms. The number of benzene rings is 3. The van der Waals surface area contributed by atoms with Gasteiger partial charge in [-0.15, -0.1) is 0 Å². The topological polar surface area (TPSA) is 0 Å². The van der Waals surface area contributed by atoms with Crippen molar-refractivity contribution in [2.75, 3.05) is 0 Å². The van der Waals surface area contributed by atoms with Gasteiger partial charge in [0.1, 0.15) is 0 Å². The number of hydrogen-bond donors (Lipinski definition) is 0. The largest absolute Gasteiger partial charge is 0.0649 e.